The first kappa shape index (κ1) is 21.3. The Balaban J connectivity index is 1.56. The summed E-state index contributed by atoms with van der Waals surface area (Å²) in [6.07, 6.45) is 1.48. The minimum absolute atomic E-state index is 0.0702. The minimum Gasteiger partial charge on any atom is -0.468 e. The molecule has 0 saturated carbocycles. The molecule has 4 N–H and O–H groups in total. The second-order valence-electron chi connectivity index (χ2n) is 7.19. The molecule has 1 aromatic heterocycles. The van der Waals surface area contributed by atoms with Crippen molar-refractivity contribution in [1.29, 1.82) is 5.26 Å². The molecule has 1 atom stereocenters. The van der Waals surface area contributed by atoms with E-state index >= 15 is 0 Å². The molecule has 2 aromatic carbocycles. The van der Waals surface area contributed by atoms with Crippen molar-refractivity contribution < 1.29 is 14.0 Å². The van der Waals surface area contributed by atoms with Gasteiger partial charge < -0.3 is 20.8 Å². The number of hydrogen-bond donors (Lipinski definition) is 3. The average Bonchev–Trinajstić information content (AvgIpc) is 3.32. The van der Waals surface area contributed by atoms with E-state index in [0.717, 1.165) is 16.5 Å². The summed E-state index contributed by atoms with van der Waals surface area (Å²) < 4.78 is 5.48. The van der Waals surface area contributed by atoms with E-state index in [1.165, 1.54) is 18.0 Å². The van der Waals surface area contributed by atoms with Gasteiger partial charge in [-0.25, -0.2) is 0 Å². The zero-order valence-electron chi connectivity index (χ0n) is 17.2. The molecule has 4 rings (SSSR count). The third-order valence-corrected chi connectivity index (χ3v) is 6.17. The number of thioether (sulfide) groups is 1. The van der Waals surface area contributed by atoms with Crippen LogP contribution in [0.2, 0.25) is 0 Å². The van der Waals surface area contributed by atoms with Gasteiger partial charge in [-0.05, 0) is 30.5 Å². The Morgan fingerprint density at radius 1 is 1.19 bits per heavy atom. The third kappa shape index (κ3) is 4.11. The van der Waals surface area contributed by atoms with Gasteiger partial charge in [-0.1, -0.05) is 48.2 Å². The fourth-order valence-electron chi connectivity index (χ4n) is 3.75. The predicted molar refractivity (Wildman–Crippen MR) is 124 cm³/mol. The summed E-state index contributed by atoms with van der Waals surface area (Å²) in [6.45, 7) is 1.71. The predicted octanol–water partition coefficient (Wildman–Crippen LogP) is 3.99. The summed E-state index contributed by atoms with van der Waals surface area (Å²) in [5.74, 6) is -1.07. The lowest BCUT2D eigenvalue weighted by Gasteiger charge is -2.27. The number of rotatable bonds is 6. The second kappa shape index (κ2) is 9.04. The fraction of sp³-hybridized carbons (Fsp3) is 0.125. The Kier molecular flexibility index (Phi) is 6.01. The van der Waals surface area contributed by atoms with Crippen LogP contribution in [0, 0.1) is 11.3 Å². The standard InChI is InChI=1S/C24H20N4O3S/c1-14-21(23(26)30)22(19-10-5-11-31-19)17(12-25)24(27-14)32-13-20(29)28-18-9-4-7-15-6-2-3-8-16(15)18/h2-11,22,27H,13H2,1H3,(H2,26,30)(H,28,29)/t22-/m0/s1. The van der Waals surface area contributed by atoms with Crippen LogP contribution in [0.15, 0.2) is 87.1 Å². The van der Waals surface area contributed by atoms with Crippen molar-refractivity contribution >= 4 is 40.0 Å². The lowest BCUT2D eigenvalue weighted by Crippen LogP contribution is -2.31. The molecule has 0 radical (unpaired) electrons. The quantitative estimate of drug-likeness (QED) is 0.529. The lowest BCUT2D eigenvalue weighted by atomic mass is 9.86. The first-order chi connectivity index (χ1) is 15.5. The van der Waals surface area contributed by atoms with Crippen LogP contribution in [0.25, 0.3) is 10.8 Å². The molecule has 0 bridgehead atoms. The first-order valence-corrected chi connectivity index (χ1v) is 10.8. The Morgan fingerprint density at radius 2 is 1.97 bits per heavy atom. The van der Waals surface area contributed by atoms with Crippen molar-refractivity contribution in [2.24, 2.45) is 5.73 Å². The van der Waals surface area contributed by atoms with Crippen LogP contribution in [0.4, 0.5) is 5.69 Å². The number of furan rings is 1. The number of fused-ring (bicyclic) bond motifs is 1. The van der Waals surface area contributed by atoms with Gasteiger partial charge in [0.2, 0.25) is 11.8 Å². The first-order valence-electron chi connectivity index (χ1n) is 9.85. The molecule has 2 heterocycles. The van der Waals surface area contributed by atoms with E-state index in [4.69, 9.17) is 10.2 Å². The lowest BCUT2D eigenvalue weighted by molar-refractivity contribution is -0.115. The number of dihydropyridines is 1. The zero-order valence-corrected chi connectivity index (χ0v) is 18.0. The number of anilines is 1. The maximum absolute atomic E-state index is 12.7. The SMILES string of the molecule is CC1=C(C(N)=O)[C@H](c2ccco2)C(C#N)=C(SCC(=O)Nc2cccc3ccccc23)N1. The molecule has 7 nitrogen and oxygen atoms in total. The van der Waals surface area contributed by atoms with Crippen molar-refractivity contribution in [2.75, 3.05) is 11.1 Å². The van der Waals surface area contributed by atoms with Gasteiger partial charge in [-0.15, -0.1) is 0 Å². The smallest absolute Gasteiger partial charge is 0.247 e. The normalized spacial score (nSPS) is 15.9. The maximum atomic E-state index is 12.7. The molecule has 0 aliphatic carbocycles. The number of carbonyl (C=O) groups excluding carboxylic acids is 2. The zero-order chi connectivity index (χ0) is 22.7. The molecule has 1 aliphatic rings. The highest BCUT2D eigenvalue weighted by molar-refractivity contribution is 8.03. The van der Waals surface area contributed by atoms with Gasteiger partial charge in [-0.3, -0.25) is 9.59 Å². The third-order valence-electron chi connectivity index (χ3n) is 5.15. The van der Waals surface area contributed by atoms with Gasteiger partial charge >= 0.3 is 0 Å². The van der Waals surface area contributed by atoms with Gasteiger partial charge in [-0.2, -0.15) is 5.26 Å². The summed E-state index contributed by atoms with van der Waals surface area (Å²) in [7, 11) is 0. The van der Waals surface area contributed by atoms with Crippen molar-refractivity contribution in [2.45, 2.75) is 12.8 Å². The van der Waals surface area contributed by atoms with E-state index in [1.54, 1.807) is 19.1 Å². The number of benzene rings is 2. The molecule has 8 heteroatoms. The molecule has 160 valence electrons. The molecule has 0 saturated heterocycles. The van der Waals surface area contributed by atoms with E-state index in [0.29, 0.717) is 16.5 Å². The fourth-order valence-corrected chi connectivity index (χ4v) is 4.64. The number of hydrogen-bond acceptors (Lipinski definition) is 6. The summed E-state index contributed by atoms with van der Waals surface area (Å²) in [5.41, 5.74) is 7.38. The molecule has 1 aliphatic heterocycles. The van der Waals surface area contributed by atoms with Crippen LogP contribution >= 0.6 is 11.8 Å². The van der Waals surface area contributed by atoms with E-state index in [2.05, 4.69) is 16.7 Å². The van der Waals surface area contributed by atoms with Gasteiger partial charge in [0.15, 0.2) is 0 Å². The topological polar surface area (TPSA) is 121 Å². The largest absolute Gasteiger partial charge is 0.468 e. The number of nitrogens with two attached hydrogens (primary N) is 1. The van der Waals surface area contributed by atoms with Crippen LogP contribution in [0.5, 0.6) is 0 Å². The number of nitrogens with one attached hydrogen (secondary N) is 2. The maximum Gasteiger partial charge on any atom is 0.247 e. The monoisotopic (exact) mass is 444 g/mol. The molecule has 0 fully saturated rings. The average molecular weight is 445 g/mol. The molecule has 0 spiro atoms. The highest BCUT2D eigenvalue weighted by Crippen LogP contribution is 2.40. The van der Waals surface area contributed by atoms with Gasteiger partial charge in [0.05, 0.1) is 40.2 Å². The minimum atomic E-state index is -0.725. The van der Waals surface area contributed by atoms with E-state index in [9.17, 15) is 14.9 Å². The second-order valence-corrected chi connectivity index (χ2v) is 8.18. The summed E-state index contributed by atoms with van der Waals surface area (Å²) in [5, 5.41) is 18.3. The number of primary amides is 1. The van der Waals surface area contributed by atoms with E-state index in [1.807, 2.05) is 42.5 Å². The van der Waals surface area contributed by atoms with Crippen LogP contribution in [-0.4, -0.2) is 17.6 Å². The highest BCUT2D eigenvalue weighted by Gasteiger charge is 2.35. The number of carbonyl (C=O) groups is 2. The van der Waals surface area contributed by atoms with Crippen molar-refractivity contribution in [3.05, 3.63) is 88.5 Å². The number of nitrogens with zero attached hydrogens (tertiary/aromatic N) is 1. The molecule has 2 amide bonds. The summed E-state index contributed by atoms with van der Waals surface area (Å²) in [4.78, 5) is 24.8. The molecule has 3 aromatic rings. The Labute approximate surface area is 189 Å². The summed E-state index contributed by atoms with van der Waals surface area (Å²) in [6, 6.07) is 19.1. The number of amides is 2. The van der Waals surface area contributed by atoms with E-state index < -0.39 is 11.8 Å². The van der Waals surface area contributed by atoms with Crippen molar-refractivity contribution in [3.63, 3.8) is 0 Å². The van der Waals surface area contributed by atoms with Crippen LogP contribution in [0.1, 0.15) is 18.6 Å². The molecular weight excluding hydrogens is 424 g/mol. The van der Waals surface area contributed by atoms with E-state index in [-0.39, 0.29) is 22.8 Å². The Morgan fingerprint density at radius 3 is 2.69 bits per heavy atom. The number of nitriles is 1. The highest BCUT2D eigenvalue weighted by atomic mass is 32.2. The van der Waals surface area contributed by atoms with Crippen LogP contribution < -0.4 is 16.4 Å². The van der Waals surface area contributed by atoms with Crippen molar-refractivity contribution in [3.8, 4) is 6.07 Å². The van der Waals surface area contributed by atoms with Gasteiger partial charge in [0.25, 0.3) is 0 Å². The molecular formula is C24H20N4O3S. The van der Waals surface area contributed by atoms with Gasteiger partial charge in [0, 0.05) is 16.8 Å². The van der Waals surface area contributed by atoms with Crippen molar-refractivity contribution in [1.82, 2.24) is 5.32 Å². The Hall–Kier alpha value is -3.96. The van der Waals surface area contributed by atoms with Gasteiger partial charge in [0.1, 0.15) is 5.76 Å². The Bertz CT molecular complexity index is 1300. The van der Waals surface area contributed by atoms with Crippen LogP contribution in [-0.2, 0) is 9.59 Å². The van der Waals surface area contributed by atoms with Crippen LogP contribution in [0.3, 0.4) is 0 Å². The number of allylic oxidation sites excluding steroid dienone is 2. The molecule has 0 unspecified atom stereocenters. The summed E-state index contributed by atoms with van der Waals surface area (Å²) >= 11 is 1.19. The molecule has 32 heavy (non-hydrogen) atoms.